The zero-order valence-corrected chi connectivity index (χ0v) is 21.7. The lowest BCUT2D eigenvalue weighted by Gasteiger charge is -1.96. The van der Waals surface area contributed by atoms with Crippen LogP contribution in [0.1, 0.15) is 16.7 Å². The van der Waals surface area contributed by atoms with Crippen LogP contribution >= 0.6 is 15.9 Å². The standard InChI is InChI=1S/C15H11N3O.C14H11BrN2O/c1-9-6-10(8-16)7-13-14(9)19-15(18-13)11-2-4-12(17)5-3-11;1-8-6-10(15)7-12-13(8)18-14(17-12)9-2-4-11(16)5-3-9/h2-7H,17H2,1H3;2-7H,16H2,1H3. The third-order valence-electron chi connectivity index (χ3n) is 5.76. The van der Waals surface area contributed by atoms with Crippen molar-refractivity contribution < 1.29 is 8.83 Å². The summed E-state index contributed by atoms with van der Waals surface area (Å²) in [5, 5.41) is 8.95. The van der Waals surface area contributed by atoms with Gasteiger partial charge in [0.15, 0.2) is 11.2 Å². The van der Waals surface area contributed by atoms with Gasteiger partial charge in [0.2, 0.25) is 11.8 Å². The summed E-state index contributed by atoms with van der Waals surface area (Å²) in [6.45, 7) is 3.91. The van der Waals surface area contributed by atoms with Crippen LogP contribution in [0, 0.1) is 25.2 Å². The molecule has 7 nitrogen and oxygen atoms in total. The van der Waals surface area contributed by atoms with Crippen molar-refractivity contribution in [2.45, 2.75) is 13.8 Å². The molecule has 0 aliphatic carbocycles. The number of hydrogen-bond acceptors (Lipinski definition) is 7. The molecule has 0 bridgehead atoms. The second kappa shape index (κ2) is 9.80. The number of nitrogens with two attached hydrogens (primary N) is 2. The summed E-state index contributed by atoms with van der Waals surface area (Å²) in [6, 6.07) is 24.4. The van der Waals surface area contributed by atoms with Crippen LogP contribution in [-0.4, -0.2) is 9.97 Å². The second-order valence-electron chi connectivity index (χ2n) is 8.61. The summed E-state index contributed by atoms with van der Waals surface area (Å²) >= 11 is 3.46. The first-order valence-electron chi connectivity index (χ1n) is 11.4. The summed E-state index contributed by atoms with van der Waals surface area (Å²) in [7, 11) is 0. The summed E-state index contributed by atoms with van der Waals surface area (Å²) in [5.74, 6) is 1.15. The van der Waals surface area contributed by atoms with E-state index in [0.717, 1.165) is 43.5 Å². The van der Waals surface area contributed by atoms with Crippen LogP contribution in [0.5, 0.6) is 0 Å². The maximum Gasteiger partial charge on any atom is 0.227 e. The van der Waals surface area contributed by atoms with Crippen LogP contribution in [0.4, 0.5) is 11.4 Å². The Balaban J connectivity index is 0.000000152. The lowest BCUT2D eigenvalue weighted by molar-refractivity contribution is 0.617. The number of benzene rings is 4. The van der Waals surface area contributed by atoms with Crippen molar-refractivity contribution >= 4 is 49.5 Å². The molecule has 4 aromatic carbocycles. The van der Waals surface area contributed by atoms with E-state index < -0.39 is 0 Å². The van der Waals surface area contributed by atoms with Crippen molar-refractivity contribution in [3.05, 3.63) is 94.0 Å². The number of nitriles is 1. The smallest absolute Gasteiger partial charge is 0.227 e. The SMILES string of the molecule is Cc1cc(Br)cc2nc(-c3ccc(N)cc3)oc12.Cc1cc(C#N)cc2nc(-c3ccc(N)cc3)oc12. The Hall–Kier alpha value is -4.61. The number of hydrogen-bond donors (Lipinski definition) is 2. The van der Waals surface area contributed by atoms with E-state index in [1.165, 1.54) is 0 Å². The molecule has 2 heterocycles. The molecule has 0 spiro atoms. The van der Waals surface area contributed by atoms with Gasteiger partial charge in [0, 0.05) is 27.0 Å². The molecule has 0 aliphatic heterocycles. The molecule has 8 heteroatoms. The van der Waals surface area contributed by atoms with Gasteiger partial charge >= 0.3 is 0 Å². The normalized spacial score (nSPS) is 10.8. The van der Waals surface area contributed by atoms with E-state index >= 15 is 0 Å². The first-order chi connectivity index (χ1) is 17.8. The maximum absolute atomic E-state index is 8.95. The summed E-state index contributed by atoms with van der Waals surface area (Å²) in [5.41, 5.74) is 20.2. The third-order valence-corrected chi connectivity index (χ3v) is 6.22. The van der Waals surface area contributed by atoms with Crippen molar-refractivity contribution in [2.24, 2.45) is 0 Å². The van der Waals surface area contributed by atoms with Crippen LogP contribution in [0.25, 0.3) is 45.1 Å². The fourth-order valence-corrected chi connectivity index (χ4v) is 4.48. The van der Waals surface area contributed by atoms with Crippen molar-refractivity contribution in [2.75, 3.05) is 11.5 Å². The number of fused-ring (bicyclic) bond motifs is 2. The fourth-order valence-electron chi connectivity index (χ4n) is 3.92. The lowest BCUT2D eigenvalue weighted by atomic mass is 10.1. The molecule has 6 aromatic rings. The van der Waals surface area contributed by atoms with Crippen molar-refractivity contribution in [3.63, 3.8) is 0 Å². The highest BCUT2D eigenvalue weighted by Crippen LogP contribution is 2.30. The Bertz CT molecular complexity index is 1780. The average molecular weight is 552 g/mol. The molecular formula is C29H22BrN5O2. The number of rotatable bonds is 2. The van der Waals surface area contributed by atoms with Crippen LogP contribution in [-0.2, 0) is 0 Å². The number of nitrogen functional groups attached to an aromatic ring is 2. The van der Waals surface area contributed by atoms with Gasteiger partial charge in [-0.3, -0.25) is 0 Å². The number of anilines is 2. The van der Waals surface area contributed by atoms with Crippen molar-refractivity contribution in [1.29, 1.82) is 5.26 Å². The molecule has 37 heavy (non-hydrogen) atoms. The van der Waals surface area contributed by atoms with E-state index in [2.05, 4.69) is 32.0 Å². The largest absolute Gasteiger partial charge is 0.436 e. The molecule has 0 radical (unpaired) electrons. The van der Waals surface area contributed by atoms with Gasteiger partial charge < -0.3 is 20.3 Å². The van der Waals surface area contributed by atoms with E-state index in [-0.39, 0.29) is 0 Å². The monoisotopic (exact) mass is 551 g/mol. The minimum Gasteiger partial charge on any atom is -0.436 e. The average Bonchev–Trinajstić information content (AvgIpc) is 3.50. The maximum atomic E-state index is 8.95. The molecule has 0 saturated carbocycles. The van der Waals surface area contributed by atoms with E-state index in [1.54, 1.807) is 24.3 Å². The predicted octanol–water partition coefficient (Wildman–Crippen LogP) is 7.41. The van der Waals surface area contributed by atoms with Gasteiger partial charge in [-0.1, -0.05) is 15.9 Å². The molecule has 2 aromatic heterocycles. The molecule has 182 valence electrons. The van der Waals surface area contributed by atoms with Gasteiger partial charge in [-0.05, 0) is 97.8 Å². The van der Waals surface area contributed by atoms with Crippen LogP contribution in [0.15, 0.2) is 86.1 Å². The zero-order valence-electron chi connectivity index (χ0n) is 20.1. The molecule has 4 N–H and O–H groups in total. The second-order valence-corrected chi connectivity index (χ2v) is 9.52. The highest BCUT2D eigenvalue weighted by Gasteiger charge is 2.12. The Morgan fingerprint density at radius 1 is 0.703 bits per heavy atom. The Kier molecular flexibility index (Phi) is 6.38. The Labute approximate surface area is 221 Å². The van der Waals surface area contributed by atoms with Gasteiger partial charge in [-0.25, -0.2) is 9.97 Å². The van der Waals surface area contributed by atoms with Gasteiger partial charge in [-0.2, -0.15) is 5.26 Å². The molecule has 0 unspecified atom stereocenters. The highest BCUT2D eigenvalue weighted by atomic mass is 79.9. The Morgan fingerprint density at radius 2 is 1.16 bits per heavy atom. The molecule has 0 atom stereocenters. The van der Waals surface area contributed by atoms with Crippen LogP contribution < -0.4 is 11.5 Å². The Morgan fingerprint density at radius 3 is 1.65 bits per heavy atom. The van der Waals surface area contributed by atoms with E-state index in [0.29, 0.717) is 34.1 Å². The number of halogens is 1. The number of aryl methyl sites for hydroxylation is 2. The van der Waals surface area contributed by atoms with Crippen molar-refractivity contribution in [1.82, 2.24) is 9.97 Å². The van der Waals surface area contributed by atoms with Crippen LogP contribution in [0.2, 0.25) is 0 Å². The first-order valence-corrected chi connectivity index (χ1v) is 12.2. The minimum absolute atomic E-state index is 0.535. The molecule has 0 aliphatic rings. The fraction of sp³-hybridized carbons (Fsp3) is 0.0690. The molecule has 0 fully saturated rings. The zero-order chi connectivity index (χ0) is 26.1. The highest BCUT2D eigenvalue weighted by molar-refractivity contribution is 9.10. The summed E-state index contributed by atoms with van der Waals surface area (Å²) in [6.07, 6.45) is 0. The third kappa shape index (κ3) is 5.03. The number of nitrogens with zero attached hydrogens (tertiary/aromatic N) is 3. The molecule has 6 rings (SSSR count). The minimum atomic E-state index is 0.535. The van der Waals surface area contributed by atoms with E-state index in [9.17, 15) is 0 Å². The molecular weight excluding hydrogens is 530 g/mol. The van der Waals surface area contributed by atoms with Crippen LogP contribution in [0.3, 0.4) is 0 Å². The van der Waals surface area contributed by atoms with E-state index in [1.807, 2.05) is 62.4 Å². The van der Waals surface area contributed by atoms with Gasteiger partial charge in [0.05, 0.1) is 11.6 Å². The molecule has 0 saturated heterocycles. The van der Waals surface area contributed by atoms with Crippen molar-refractivity contribution in [3.8, 4) is 29.0 Å². The van der Waals surface area contributed by atoms with Gasteiger partial charge in [-0.15, -0.1) is 0 Å². The van der Waals surface area contributed by atoms with Gasteiger partial charge in [0.25, 0.3) is 0 Å². The topological polar surface area (TPSA) is 128 Å². The summed E-state index contributed by atoms with van der Waals surface area (Å²) < 4.78 is 12.6. The quantitative estimate of drug-likeness (QED) is 0.214. The number of aromatic nitrogens is 2. The predicted molar refractivity (Wildman–Crippen MR) is 150 cm³/mol. The van der Waals surface area contributed by atoms with Gasteiger partial charge in [0.1, 0.15) is 11.0 Å². The lowest BCUT2D eigenvalue weighted by Crippen LogP contribution is -1.83. The number of oxazole rings is 2. The van der Waals surface area contributed by atoms with E-state index in [4.69, 9.17) is 25.6 Å². The first kappa shape index (κ1) is 24.1. The summed E-state index contributed by atoms with van der Waals surface area (Å²) in [4.78, 5) is 8.92. The molecule has 0 amide bonds.